The molecule has 0 aromatic carbocycles. The Balaban J connectivity index is 1.44. The molecule has 5 rings (SSSR count). The highest BCUT2D eigenvalue weighted by Gasteiger charge is 2.32. The van der Waals surface area contributed by atoms with E-state index in [1.807, 2.05) is 26.1 Å². The molecule has 140 valence electrons. The van der Waals surface area contributed by atoms with Crippen molar-refractivity contribution < 1.29 is 0 Å². The van der Waals surface area contributed by atoms with Gasteiger partial charge in [-0.2, -0.15) is 10.2 Å². The summed E-state index contributed by atoms with van der Waals surface area (Å²) in [4.78, 5) is 27.6. The normalized spacial score (nSPS) is 14.4. The minimum absolute atomic E-state index is 0.00344. The molecule has 1 saturated heterocycles. The van der Waals surface area contributed by atoms with Crippen LogP contribution in [0.1, 0.15) is 11.9 Å². The van der Waals surface area contributed by atoms with Crippen LogP contribution in [-0.2, 0) is 7.05 Å². The Labute approximate surface area is 160 Å². The smallest absolute Gasteiger partial charge is 0.267 e. The number of anilines is 1. The molecule has 28 heavy (non-hydrogen) atoms. The molecule has 0 N–H and O–H groups in total. The van der Waals surface area contributed by atoms with Gasteiger partial charge in [0, 0.05) is 44.2 Å². The van der Waals surface area contributed by atoms with Crippen molar-refractivity contribution in [2.45, 2.75) is 13.0 Å². The zero-order chi connectivity index (χ0) is 19.3. The van der Waals surface area contributed by atoms with Gasteiger partial charge in [0.15, 0.2) is 5.65 Å². The largest absolute Gasteiger partial charge is 0.351 e. The van der Waals surface area contributed by atoms with Crippen LogP contribution in [0.15, 0.2) is 47.7 Å². The van der Waals surface area contributed by atoms with Gasteiger partial charge in [0.2, 0.25) is 0 Å². The van der Waals surface area contributed by atoms with Gasteiger partial charge >= 0.3 is 0 Å². The van der Waals surface area contributed by atoms with E-state index < -0.39 is 0 Å². The van der Waals surface area contributed by atoms with E-state index in [-0.39, 0.29) is 11.6 Å². The van der Waals surface area contributed by atoms with Gasteiger partial charge in [0.05, 0.1) is 23.3 Å². The van der Waals surface area contributed by atoms with E-state index in [4.69, 9.17) is 0 Å². The van der Waals surface area contributed by atoms with Crippen LogP contribution in [0, 0.1) is 6.92 Å². The van der Waals surface area contributed by atoms with Crippen molar-refractivity contribution in [3.8, 4) is 11.3 Å². The molecule has 4 aromatic rings. The Bertz CT molecular complexity index is 1220. The Kier molecular flexibility index (Phi) is 3.68. The third kappa shape index (κ3) is 2.63. The lowest BCUT2D eigenvalue weighted by Crippen LogP contribution is -2.51. The number of hydrogen-bond acceptors (Lipinski definition) is 7. The zero-order valence-corrected chi connectivity index (χ0v) is 15.5. The molecule has 0 bridgehead atoms. The molecule has 1 aliphatic heterocycles. The fraction of sp³-hybridized carbons (Fsp3) is 0.263. The summed E-state index contributed by atoms with van der Waals surface area (Å²) in [7, 11) is 1.87. The summed E-state index contributed by atoms with van der Waals surface area (Å²) in [5.74, 6) is 1.55. The molecule has 0 atom stereocenters. The van der Waals surface area contributed by atoms with Crippen molar-refractivity contribution in [1.82, 2.24) is 34.5 Å². The SMILES string of the molecule is Cc1nc(N2CC(n3nc(-c4ccncc4)ccc3=O)C2)c2cnn(C)c2n1. The van der Waals surface area contributed by atoms with Gasteiger partial charge in [-0.15, -0.1) is 0 Å². The molecular weight excluding hydrogens is 356 g/mol. The number of rotatable bonds is 3. The first-order chi connectivity index (χ1) is 13.6. The van der Waals surface area contributed by atoms with Gasteiger partial charge in [-0.1, -0.05) is 0 Å². The molecule has 0 amide bonds. The summed E-state index contributed by atoms with van der Waals surface area (Å²) in [5, 5.41) is 9.78. The van der Waals surface area contributed by atoms with Crippen LogP contribution in [0.3, 0.4) is 0 Å². The van der Waals surface area contributed by atoms with Crippen molar-refractivity contribution in [2.24, 2.45) is 7.05 Å². The Morgan fingerprint density at radius 1 is 1.07 bits per heavy atom. The van der Waals surface area contributed by atoms with E-state index in [9.17, 15) is 4.79 Å². The van der Waals surface area contributed by atoms with Crippen LogP contribution in [0.4, 0.5) is 5.82 Å². The van der Waals surface area contributed by atoms with Gasteiger partial charge in [-0.3, -0.25) is 14.5 Å². The molecule has 0 unspecified atom stereocenters. The lowest BCUT2D eigenvalue weighted by Gasteiger charge is -2.40. The molecule has 0 spiro atoms. The second-order valence-electron chi connectivity index (χ2n) is 6.90. The zero-order valence-electron chi connectivity index (χ0n) is 15.5. The van der Waals surface area contributed by atoms with Crippen molar-refractivity contribution in [2.75, 3.05) is 18.0 Å². The van der Waals surface area contributed by atoms with E-state index >= 15 is 0 Å². The van der Waals surface area contributed by atoms with Crippen molar-refractivity contribution >= 4 is 16.9 Å². The second-order valence-corrected chi connectivity index (χ2v) is 6.90. The topological polar surface area (TPSA) is 94.6 Å². The van der Waals surface area contributed by atoms with Crippen LogP contribution in [0.25, 0.3) is 22.3 Å². The summed E-state index contributed by atoms with van der Waals surface area (Å²) < 4.78 is 3.32. The van der Waals surface area contributed by atoms with Crippen molar-refractivity contribution in [3.63, 3.8) is 0 Å². The number of pyridine rings is 1. The number of nitrogens with zero attached hydrogens (tertiary/aromatic N) is 8. The van der Waals surface area contributed by atoms with Gasteiger partial charge < -0.3 is 4.90 Å². The van der Waals surface area contributed by atoms with E-state index in [2.05, 4.69) is 30.0 Å². The van der Waals surface area contributed by atoms with Gasteiger partial charge in [0.25, 0.3) is 5.56 Å². The average Bonchev–Trinajstić information content (AvgIpc) is 3.03. The predicted molar refractivity (Wildman–Crippen MR) is 104 cm³/mol. The highest BCUT2D eigenvalue weighted by Crippen LogP contribution is 2.30. The average molecular weight is 374 g/mol. The minimum atomic E-state index is -0.104. The Morgan fingerprint density at radius 3 is 2.64 bits per heavy atom. The predicted octanol–water partition coefficient (Wildman–Crippen LogP) is 1.35. The molecule has 0 saturated carbocycles. The van der Waals surface area contributed by atoms with Crippen molar-refractivity contribution in [3.05, 3.63) is 59.0 Å². The molecule has 0 aliphatic carbocycles. The maximum absolute atomic E-state index is 12.4. The third-order valence-electron chi connectivity index (χ3n) is 4.99. The maximum Gasteiger partial charge on any atom is 0.267 e. The number of aromatic nitrogens is 7. The first-order valence-corrected chi connectivity index (χ1v) is 9.02. The molecule has 1 aliphatic rings. The highest BCUT2D eigenvalue weighted by atomic mass is 16.1. The fourth-order valence-corrected chi connectivity index (χ4v) is 3.50. The van der Waals surface area contributed by atoms with Gasteiger partial charge in [-0.25, -0.2) is 14.6 Å². The standard InChI is InChI=1S/C19H18N8O/c1-12-22-18-15(9-21-25(18)2)19(23-12)26-10-14(11-26)27-17(28)4-3-16(24-27)13-5-7-20-8-6-13/h3-9,14H,10-11H2,1-2H3. The molecule has 1 fully saturated rings. The summed E-state index contributed by atoms with van der Waals surface area (Å²) in [6.07, 6.45) is 5.22. The quantitative estimate of drug-likeness (QED) is 0.534. The van der Waals surface area contributed by atoms with E-state index in [1.54, 1.807) is 40.1 Å². The van der Waals surface area contributed by atoms with Crippen LogP contribution in [0.5, 0.6) is 0 Å². The summed E-state index contributed by atoms with van der Waals surface area (Å²) in [6.45, 7) is 3.19. The first kappa shape index (κ1) is 16.5. The number of hydrogen-bond donors (Lipinski definition) is 0. The Hall–Kier alpha value is -3.62. The maximum atomic E-state index is 12.4. The molecule has 4 aromatic heterocycles. The van der Waals surface area contributed by atoms with Crippen LogP contribution in [0.2, 0.25) is 0 Å². The first-order valence-electron chi connectivity index (χ1n) is 9.02. The summed E-state index contributed by atoms with van der Waals surface area (Å²) in [5.41, 5.74) is 2.39. The van der Waals surface area contributed by atoms with Crippen LogP contribution < -0.4 is 10.5 Å². The summed E-state index contributed by atoms with van der Waals surface area (Å²) >= 11 is 0. The minimum Gasteiger partial charge on any atom is -0.351 e. The number of aryl methyl sites for hydroxylation is 2. The summed E-state index contributed by atoms with van der Waals surface area (Å²) in [6, 6.07) is 7.08. The Morgan fingerprint density at radius 2 is 1.86 bits per heavy atom. The van der Waals surface area contributed by atoms with E-state index in [1.165, 1.54) is 0 Å². The molecule has 9 nitrogen and oxygen atoms in total. The van der Waals surface area contributed by atoms with E-state index in [0.717, 1.165) is 28.1 Å². The second kappa shape index (κ2) is 6.22. The third-order valence-corrected chi connectivity index (χ3v) is 4.99. The van der Waals surface area contributed by atoms with Crippen LogP contribution in [-0.4, -0.2) is 47.6 Å². The monoisotopic (exact) mass is 374 g/mol. The van der Waals surface area contributed by atoms with Gasteiger partial charge in [-0.05, 0) is 25.1 Å². The molecule has 0 radical (unpaired) electrons. The van der Waals surface area contributed by atoms with E-state index in [0.29, 0.717) is 18.9 Å². The van der Waals surface area contributed by atoms with Crippen molar-refractivity contribution in [1.29, 1.82) is 0 Å². The highest BCUT2D eigenvalue weighted by molar-refractivity contribution is 5.87. The number of fused-ring (bicyclic) bond motifs is 1. The fourth-order valence-electron chi connectivity index (χ4n) is 3.50. The lowest BCUT2D eigenvalue weighted by atomic mass is 10.1. The molecular formula is C19H18N8O. The lowest BCUT2D eigenvalue weighted by molar-refractivity contribution is 0.353. The van der Waals surface area contributed by atoms with Gasteiger partial charge in [0.1, 0.15) is 11.6 Å². The molecule has 5 heterocycles. The van der Waals surface area contributed by atoms with Crippen LogP contribution >= 0.6 is 0 Å². The molecule has 9 heteroatoms.